The fraction of sp³-hybridized carbons (Fsp3) is 0.222. The average Bonchev–Trinajstić information content (AvgIpc) is 2.13. The third-order valence-corrected chi connectivity index (χ3v) is 1.93. The first-order valence-electron chi connectivity index (χ1n) is 3.94. The smallest absolute Gasteiger partial charge is 0.338 e. The number of hydrogen-bond acceptors (Lipinski definition) is 4. The highest BCUT2D eigenvalue weighted by Gasteiger charge is 2.13. The number of carbonyl (C=O) groups is 1. The van der Waals surface area contributed by atoms with Crippen LogP contribution in [0.4, 0.5) is 0 Å². The highest BCUT2D eigenvalue weighted by Crippen LogP contribution is 2.33. The molecule has 0 atom stereocenters. The third kappa shape index (κ3) is 2.09. The summed E-state index contributed by atoms with van der Waals surface area (Å²) >= 11 is 5.48. The second-order valence-corrected chi connectivity index (χ2v) is 2.93. The Morgan fingerprint density at radius 2 is 1.93 bits per heavy atom. The molecule has 5 heteroatoms. The number of aromatic hydroxyl groups is 2. The molecule has 0 radical (unpaired) electrons. The van der Waals surface area contributed by atoms with Gasteiger partial charge in [0.1, 0.15) is 16.5 Å². The first-order valence-corrected chi connectivity index (χ1v) is 4.32. The van der Waals surface area contributed by atoms with Crippen molar-refractivity contribution in [2.75, 3.05) is 6.61 Å². The highest BCUT2D eigenvalue weighted by molar-refractivity contribution is 6.33. The molecule has 76 valence electrons. The maximum absolute atomic E-state index is 11.2. The molecule has 0 aliphatic rings. The number of hydrogen-bond donors (Lipinski definition) is 2. The van der Waals surface area contributed by atoms with Crippen LogP contribution >= 0.6 is 11.6 Å². The van der Waals surface area contributed by atoms with Crippen LogP contribution in [0.5, 0.6) is 11.5 Å². The van der Waals surface area contributed by atoms with E-state index in [0.29, 0.717) is 0 Å². The minimum Gasteiger partial charge on any atom is -0.506 e. The molecule has 0 aromatic heterocycles. The summed E-state index contributed by atoms with van der Waals surface area (Å²) in [6, 6.07) is 2.28. The van der Waals surface area contributed by atoms with Gasteiger partial charge in [0.2, 0.25) is 0 Å². The lowest BCUT2D eigenvalue weighted by molar-refractivity contribution is 0.0525. The van der Waals surface area contributed by atoms with Crippen LogP contribution in [0.15, 0.2) is 12.1 Å². The molecule has 1 aromatic carbocycles. The predicted octanol–water partition coefficient (Wildman–Crippen LogP) is 1.93. The van der Waals surface area contributed by atoms with E-state index in [1.54, 1.807) is 6.92 Å². The van der Waals surface area contributed by atoms with Crippen LogP contribution in [-0.2, 0) is 4.74 Å². The Bertz CT molecular complexity index is 339. The molecule has 4 nitrogen and oxygen atoms in total. The molecule has 0 aliphatic heterocycles. The fourth-order valence-electron chi connectivity index (χ4n) is 0.926. The lowest BCUT2D eigenvalue weighted by Crippen LogP contribution is -2.04. The van der Waals surface area contributed by atoms with E-state index in [0.717, 1.165) is 12.1 Å². The van der Waals surface area contributed by atoms with Gasteiger partial charge in [-0.1, -0.05) is 11.6 Å². The average molecular weight is 217 g/mol. The van der Waals surface area contributed by atoms with Crippen molar-refractivity contribution in [1.82, 2.24) is 0 Å². The van der Waals surface area contributed by atoms with Gasteiger partial charge in [-0.3, -0.25) is 0 Å². The summed E-state index contributed by atoms with van der Waals surface area (Å²) in [7, 11) is 0. The Morgan fingerprint density at radius 1 is 1.43 bits per heavy atom. The SMILES string of the molecule is CCOC(=O)c1cc(O)c(Cl)c(O)c1. The third-order valence-electron chi connectivity index (χ3n) is 1.55. The summed E-state index contributed by atoms with van der Waals surface area (Å²) in [5.41, 5.74) is 0.0613. The van der Waals surface area contributed by atoms with E-state index in [1.165, 1.54) is 0 Å². The molecule has 0 amide bonds. The number of carbonyl (C=O) groups excluding carboxylic acids is 1. The van der Waals surface area contributed by atoms with Gasteiger partial charge in [-0.2, -0.15) is 0 Å². The molecule has 0 heterocycles. The van der Waals surface area contributed by atoms with Gasteiger partial charge in [0, 0.05) is 0 Å². The minimum atomic E-state index is -0.616. The Balaban J connectivity index is 3.06. The van der Waals surface area contributed by atoms with Crippen LogP contribution in [0, 0.1) is 0 Å². The summed E-state index contributed by atoms with van der Waals surface area (Å²) < 4.78 is 4.67. The molecule has 0 spiro atoms. The summed E-state index contributed by atoms with van der Waals surface area (Å²) in [5.74, 6) is -1.32. The number of halogens is 1. The lowest BCUT2D eigenvalue weighted by Gasteiger charge is -2.04. The predicted molar refractivity (Wildman–Crippen MR) is 50.7 cm³/mol. The number of phenolic OH excluding ortho intramolecular Hbond substituents is 2. The van der Waals surface area contributed by atoms with Crippen molar-refractivity contribution in [2.24, 2.45) is 0 Å². The van der Waals surface area contributed by atoms with Gasteiger partial charge in [-0.25, -0.2) is 4.79 Å². The molecule has 0 fully saturated rings. The van der Waals surface area contributed by atoms with Crippen LogP contribution in [0.25, 0.3) is 0 Å². The number of rotatable bonds is 2. The summed E-state index contributed by atoms with van der Waals surface area (Å²) in [6.45, 7) is 1.89. The maximum atomic E-state index is 11.2. The molecular weight excluding hydrogens is 208 g/mol. The number of benzene rings is 1. The maximum Gasteiger partial charge on any atom is 0.338 e. The Labute approximate surface area is 85.7 Å². The van der Waals surface area contributed by atoms with Gasteiger partial charge < -0.3 is 14.9 Å². The normalized spacial score (nSPS) is 9.86. The van der Waals surface area contributed by atoms with E-state index < -0.39 is 5.97 Å². The van der Waals surface area contributed by atoms with Crippen LogP contribution < -0.4 is 0 Å². The number of phenols is 2. The van der Waals surface area contributed by atoms with E-state index in [2.05, 4.69) is 4.74 Å². The molecule has 0 bridgehead atoms. The van der Waals surface area contributed by atoms with Gasteiger partial charge in [-0.15, -0.1) is 0 Å². The van der Waals surface area contributed by atoms with Gasteiger partial charge in [0.25, 0.3) is 0 Å². The minimum absolute atomic E-state index is 0.0613. The number of esters is 1. The molecule has 0 saturated carbocycles. The van der Waals surface area contributed by atoms with Crippen molar-refractivity contribution in [3.63, 3.8) is 0 Å². The Hall–Kier alpha value is -1.42. The Kier molecular flexibility index (Phi) is 3.19. The summed E-state index contributed by atoms with van der Waals surface area (Å²) in [5, 5.41) is 18.2. The monoisotopic (exact) mass is 216 g/mol. The first-order chi connectivity index (χ1) is 6.56. The van der Waals surface area contributed by atoms with Crippen molar-refractivity contribution >= 4 is 17.6 Å². The van der Waals surface area contributed by atoms with Crippen molar-refractivity contribution < 1.29 is 19.7 Å². The first kappa shape index (κ1) is 10.7. The molecule has 1 rings (SSSR count). The van der Waals surface area contributed by atoms with Crippen molar-refractivity contribution in [3.05, 3.63) is 22.7 Å². The van der Waals surface area contributed by atoms with Crippen LogP contribution in [0.2, 0.25) is 5.02 Å². The zero-order valence-electron chi connectivity index (χ0n) is 7.45. The number of ether oxygens (including phenoxy) is 1. The zero-order chi connectivity index (χ0) is 10.7. The van der Waals surface area contributed by atoms with Gasteiger partial charge in [0.05, 0.1) is 12.2 Å². The van der Waals surface area contributed by atoms with E-state index in [1.807, 2.05) is 0 Å². The molecular formula is C9H9ClO4. The molecule has 2 N–H and O–H groups in total. The second kappa shape index (κ2) is 4.19. The van der Waals surface area contributed by atoms with Gasteiger partial charge in [-0.05, 0) is 19.1 Å². The van der Waals surface area contributed by atoms with Crippen molar-refractivity contribution in [1.29, 1.82) is 0 Å². The van der Waals surface area contributed by atoms with Gasteiger partial charge >= 0.3 is 5.97 Å². The molecule has 0 aliphatic carbocycles. The highest BCUT2D eigenvalue weighted by atomic mass is 35.5. The van der Waals surface area contributed by atoms with Crippen molar-refractivity contribution in [3.8, 4) is 11.5 Å². The molecule has 1 aromatic rings. The van der Waals surface area contributed by atoms with E-state index in [4.69, 9.17) is 11.6 Å². The summed E-state index contributed by atoms with van der Waals surface area (Å²) in [4.78, 5) is 11.2. The quantitative estimate of drug-likeness (QED) is 0.742. The van der Waals surface area contributed by atoms with Crippen molar-refractivity contribution in [2.45, 2.75) is 6.92 Å². The summed E-state index contributed by atoms with van der Waals surface area (Å²) in [6.07, 6.45) is 0. The fourth-order valence-corrected chi connectivity index (χ4v) is 1.04. The van der Waals surface area contributed by atoms with Crippen LogP contribution in [0.1, 0.15) is 17.3 Å². The van der Waals surface area contributed by atoms with Gasteiger partial charge in [0.15, 0.2) is 0 Å². The second-order valence-electron chi connectivity index (χ2n) is 2.55. The largest absolute Gasteiger partial charge is 0.506 e. The van der Waals surface area contributed by atoms with E-state index >= 15 is 0 Å². The molecule has 0 saturated heterocycles. The van der Waals surface area contributed by atoms with Crippen LogP contribution in [0.3, 0.4) is 0 Å². The van der Waals surface area contributed by atoms with Crippen LogP contribution in [-0.4, -0.2) is 22.8 Å². The zero-order valence-corrected chi connectivity index (χ0v) is 8.21. The standard InChI is InChI=1S/C9H9ClO4/c1-2-14-9(13)5-3-6(11)8(10)7(12)4-5/h3-4,11-12H,2H2,1H3. The molecule has 0 unspecified atom stereocenters. The van der Waals surface area contributed by atoms with E-state index in [9.17, 15) is 15.0 Å². The Morgan fingerprint density at radius 3 is 2.36 bits per heavy atom. The lowest BCUT2D eigenvalue weighted by atomic mass is 10.2. The van der Waals surface area contributed by atoms with E-state index in [-0.39, 0.29) is 28.7 Å². The topological polar surface area (TPSA) is 66.8 Å². The molecule has 14 heavy (non-hydrogen) atoms.